The molecule has 1 saturated carbocycles. The van der Waals surface area contributed by atoms with E-state index in [1.807, 2.05) is 24.3 Å². The summed E-state index contributed by atoms with van der Waals surface area (Å²) in [5, 5.41) is 9.75. The van der Waals surface area contributed by atoms with Gasteiger partial charge in [0.2, 0.25) is 0 Å². The molecule has 2 aliphatic carbocycles. The van der Waals surface area contributed by atoms with E-state index in [9.17, 15) is 14.7 Å². The summed E-state index contributed by atoms with van der Waals surface area (Å²) in [6.45, 7) is 0.262. The van der Waals surface area contributed by atoms with Crippen molar-refractivity contribution >= 4 is 12.1 Å². The summed E-state index contributed by atoms with van der Waals surface area (Å²) in [7, 11) is 0. The zero-order valence-corrected chi connectivity index (χ0v) is 17.7. The number of carboxylic acid groups (broad SMARTS) is 1. The number of hydrogen-bond donors (Lipinski definition) is 1. The molecule has 2 aromatic rings. The molecular weight excluding hydrogens is 410 g/mol. The number of aliphatic carboxylic acids is 1. The summed E-state index contributed by atoms with van der Waals surface area (Å²) in [5.41, 5.74) is 3.15. The average Bonchev–Trinajstić information content (AvgIpc) is 3.45. The quantitative estimate of drug-likeness (QED) is 0.790. The highest BCUT2D eigenvalue weighted by atomic mass is 16.6. The summed E-state index contributed by atoms with van der Waals surface area (Å²) < 4.78 is 17.8. The van der Waals surface area contributed by atoms with Crippen molar-refractivity contribution in [1.29, 1.82) is 0 Å². The smallest absolute Gasteiger partial charge is 0.413 e. The number of benzene rings is 2. The lowest BCUT2D eigenvalue weighted by Crippen LogP contribution is -2.55. The molecule has 1 amide bonds. The van der Waals surface area contributed by atoms with Gasteiger partial charge < -0.3 is 19.3 Å². The summed E-state index contributed by atoms with van der Waals surface area (Å²) in [6, 6.07) is 15.2. The number of hydrogen-bond acceptors (Lipinski definition) is 5. The Morgan fingerprint density at radius 3 is 2.25 bits per heavy atom. The molecule has 0 bridgehead atoms. The van der Waals surface area contributed by atoms with Gasteiger partial charge in [0.1, 0.15) is 6.61 Å². The van der Waals surface area contributed by atoms with E-state index in [-0.39, 0.29) is 31.3 Å². The van der Waals surface area contributed by atoms with E-state index in [2.05, 4.69) is 24.3 Å². The molecule has 2 aromatic carbocycles. The highest BCUT2D eigenvalue weighted by Gasteiger charge is 2.63. The van der Waals surface area contributed by atoms with Crippen molar-refractivity contribution in [3.8, 4) is 11.1 Å². The van der Waals surface area contributed by atoms with Crippen molar-refractivity contribution in [3.63, 3.8) is 0 Å². The van der Waals surface area contributed by atoms with Gasteiger partial charge in [-0.05, 0) is 41.5 Å². The van der Waals surface area contributed by atoms with Crippen molar-refractivity contribution in [1.82, 2.24) is 4.90 Å². The Labute approximate surface area is 185 Å². The number of fused-ring (bicyclic) bond motifs is 3. The van der Waals surface area contributed by atoms with Crippen molar-refractivity contribution in [2.24, 2.45) is 0 Å². The lowest BCUT2D eigenvalue weighted by atomic mass is 9.76. The lowest BCUT2D eigenvalue weighted by molar-refractivity contribution is -0.143. The van der Waals surface area contributed by atoms with Gasteiger partial charge in [0.15, 0.2) is 11.8 Å². The molecule has 2 saturated heterocycles. The van der Waals surface area contributed by atoms with E-state index in [1.165, 1.54) is 4.90 Å². The number of carbonyl (C=O) groups is 2. The van der Waals surface area contributed by atoms with Crippen LogP contribution in [0.5, 0.6) is 0 Å². The normalized spacial score (nSPS) is 27.4. The van der Waals surface area contributed by atoms with E-state index in [0.29, 0.717) is 6.42 Å². The van der Waals surface area contributed by atoms with Crippen LogP contribution in [0.1, 0.15) is 42.7 Å². The van der Waals surface area contributed by atoms with Crippen LogP contribution < -0.4 is 0 Å². The summed E-state index contributed by atoms with van der Waals surface area (Å²) >= 11 is 0. The third-order valence-corrected chi connectivity index (χ3v) is 7.55. The maximum absolute atomic E-state index is 13.3. The van der Waals surface area contributed by atoms with Crippen LogP contribution in [0, 0.1) is 0 Å². The Kier molecular flexibility index (Phi) is 4.35. The van der Waals surface area contributed by atoms with Crippen molar-refractivity contribution in [2.45, 2.75) is 49.0 Å². The van der Waals surface area contributed by atoms with Crippen LogP contribution in [0.2, 0.25) is 0 Å². The van der Waals surface area contributed by atoms with Gasteiger partial charge in [-0.2, -0.15) is 0 Å². The Hall–Kier alpha value is -2.90. The average molecular weight is 435 g/mol. The predicted octanol–water partition coefficient (Wildman–Crippen LogP) is 3.76. The molecule has 3 fully saturated rings. The second-order valence-corrected chi connectivity index (χ2v) is 9.29. The fraction of sp³-hybridized carbons (Fsp3) is 0.440. The summed E-state index contributed by atoms with van der Waals surface area (Å²) in [4.78, 5) is 26.5. The fourth-order valence-corrected chi connectivity index (χ4v) is 5.81. The highest BCUT2D eigenvalue weighted by molar-refractivity contribution is 5.82. The monoisotopic (exact) mass is 435 g/mol. The second kappa shape index (κ2) is 7.05. The summed E-state index contributed by atoms with van der Waals surface area (Å²) in [6.07, 6.45) is 2.73. The topological polar surface area (TPSA) is 85.3 Å². The number of amides is 1. The molecule has 6 rings (SSSR count). The molecule has 0 aromatic heterocycles. The van der Waals surface area contributed by atoms with Gasteiger partial charge in [-0.25, -0.2) is 9.59 Å². The maximum Gasteiger partial charge on any atom is 0.413 e. The Bertz CT molecular complexity index is 1050. The van der Waals surface area contributed by atoms with Gasteiger partial charge in [-0.1, -0.05) is 48.5 Å². The standard InChI is InChI=1S/C25H25NO6/c27-22(28)21-13-31-25(14-24(32-15-25)10-5-11-24)26(21)23(29)30-12-20-18-8-3-1-6-16(18)17-7-2-4-9-19(17)20/h1-4,6-9,20-21H,5,10-15H2,(H,27,28). The molecule has 2 aliphatic heterocycles. The van der Waals surface area contributed by atoms with Crippen LogP contribution in [0.4, 0.5) is 4.79 Å². The largest absolute Gasteiger partial charge is 0.480 e. The molecule has 1 N–H and O–H groups in total. The molecule has 2 atom stereocenters. The van der Waals surface area contributed by atoms with E-state index in [1.54, 1.807) is 0 Å². The van der Waals surface area contributed by atoms with Gasteiger partial charge in [-0.15, -0.1) is 0 Å². The summed E-state index contributed by atoms with van der Waals surface area (Å²) in [5.74, 6) is -1.18. The number of ether oxygens (including phenoxy) is 3. The minimum absolute atomic E-state index is 0.0566. The predicted molar refractivity (Wildman–Crippen MR) is 114 cm³/mol. The van der Waals surface area contributed by atoms with Crippen LogP contribution in [-0.4, -0.2) is 59.3 Å². The Morgan fingerprint density at radius 2 is 1.69 bits per heavy atom. The maximum atomic E-state index is 13.3. The fourth-order valence-electron chi connectivity index (χ4n) is 5.81. The Balaban J connectivity index is 1.26. The molecule has 2 heterocycles. The number of rotatable bonds is 3. The first-order chi connectivity index (χ1) is 15.5. The van der Waals surface area contributed by atoms with Gasteiger partial charge in [0, 0.05) is 12.3 Å². The van der Waals surface area contributed by atoms with E-state index in [4.69, 9.17) is 14.2 Å². The molecule has 166 valence electrons. The van der Waals surface area contributed by atoms with Gasteiger partial charge in [0.25, 0.3) is 0 Å². The molecule has 7 nitrogen and oxygen atoms in total. The van der Waals surface area contributed by atoms with Gasteiger partial charge >= 0.3 is 12.1 Å². The van der Waals surface area contributed by atoms with Crippen molar-refractivity contribution in [3.05, 3.63) is 59.7 Å². The Morgan fingerprint density at radius 1 is 1.03 bits per heavy atom. The lowest BCUT2D eigenvalue weighted by Gasteiger charge is -2.39. The van der Waals surface area contributed by atoms with E-state index in [0.717, 1.165) is 41.5 Å². The zero-order chi connectivity index (χ0) is 21.9. The zero-order valence-electron chi connectivity index (χ0n) is 17.7. The van der Waals surface area contributed by atoms with Crippen LogP contribution in [-0.2, 0) is 19.0 Å². The molecule has 0 radical (unpaired) electrons. The van der Waals surface area contributed by atoms with Gasteiger partial charge in [-0.3, -0.25) is 4.90 Å². The highest BCUT2D eigenvalue weighted by Crippen LogP contribution is 2.51. The number of nitrogens with zero attached hydrogens (tertiary/aromatic N) is 1. The van der Waals surface area contributed by atoms with Crippen LogP contribution in [0.3, 0.4) is 0 Å². The minimum Gasteiger partial charge on any atom is -0.480 e. The SMILES string of the molecule is O=C(O)C1COC2(COC3(CCC3)C2)N1C(=O)OCC1c2ccccc2-c2ccccc21. The van der Waals surface area contributed by atoms with Crippen LogP contribution >= 0.6 is 0 Å². The molecular formula is C25H25NO6. The number of carboxylic acids is 1. The molecule has 2 spiro atoms. The first-order valence-electron chi connectivity index (χ1n) is 11.2. The number of carbonyl (C=O) groups excluding carboxylic acids is 1. The first-order valence-corrected chi connectivity index (χ1v) is 11.2. The first kappa shape index (κ1) is 19.8. The molecule has 7 heteroatoms. The third kappa shape index (κ3) is 2.81. The van der Waals surface area contributed by atoms with E-state index < -0.39 is 23.8 Å². The molecule has 2 unspecified atom stereocenters. The van der Waals surface area contributed by atoms with Crippen molar-refractivity contribution < 1.29 is 28.9 Å². The third-order valence-electron chi connectivity index (χ3n) is 7.55. The molecule has 4 aliphatic rings. The minimum atomic E-state index is -1.09. The second-order valence-electron chi connectivity index (χ2n) is 9.29. The van der Waals surface area contributed by atoms with Crippen molar-refractivity contribution in [2.75, 3.05) is 19.8 Å². The van der Waals surface area contributed by atoms with E-state index >= 15 is 0 Å². The van der Waals surface area contributed by atoms with Crippen LogP contribution in [0.15, 0.2) is 48.5 Å². The molecule has 32 heavy (non-hydrogen) atoms. The van der Waals surface area contributed by atoms with Crippen LogP contribution in [0.25, 0.3) is 11.1 Å². The van der Waals surface area contributed by atoms with Gasteiger partial charge in [0.05, 0.1) is 18.8 Å².